The van der Waals surface area contributed by atoms with E-state index in [-0.39, 0.29) is 30.4 Å². The predicted octanol–water partition coefficient (Wildman–Crippen LogP) is 3.46. The Morgan fingerprint density at radius 2 is 1.60 bits per heavy atom. The van der Waals surface area contributed by atoms with E-state index < -0.39 is 11.4 Å². The summed E-state index contributed by atoms with van der Waals surface area (Å²) >= 11 is 0. The number of anilines is 1. The number of para-hydroxylation sites is 1. The maximum Gasteiger partial charge on any atom is 0.363 e. The number of halogens is 2. The predicted molar refractivity (Wildman–Crippen MR) is 135 cm³/mol. The maximum atomic E-state index is 15.0. The number of aromatic nitrogens is 4. The van der Waals surface area contributed by atoms with Crippen LogP contribution in [0.5, 0.6) is 0 Å². The first-order valence-electron chi connectivity index (χ1n) is 11.9. The number of piperidine rings is 1. The summed E-state index contributed by atoms with van der Waals surface area (Å²) in [5, 5.41) is 7.83. The second-order valence-electron chi connectivity index (χ2n) is 8.57. The molecule has 0 saturated carbocycles. The largest absolute Gasteiger partial charge is 0.363 e. The number of rotatable bonds is 8. The van der Waals surface area contributed by atoms with Gasteiger partial charge in [-0.25, -0.2) is 9.18 Å². The maximum absolute atomic E-state index is 15.0. The van der Waals surface area contributed by atoms with Crippen molar-refractivity contribution in [3.05, 3.63) is 76.5 Å². The second-order valence-corrected chi connectivity index (χ2v) is 8.57. The third-order valence-corrected chi connectivity index (χ3v) is 6.69. The molecule has 10 heteroatoms. The number of carbonyl (C=O) groups is 1. The van der Waals surface area contributed by atoms with Crippen LogP contribution < -0.4 is 10.6 Å². The minimum Gasteiger partial charge on any atom is -0.301 e. The van der Waals surface area contributed by atoms with E-state index in [1.807, 2.05) is 44.2 Å². The third kappa shape index (κ3) is 5.31. The molecule has 1 aliphatic rings. The molecule has 3 aromatic rings. The van der Waals surface area contributed by atoms with Crippen molar-refractivity contribution >= 4 is 24.0 Å². The Hall–Kier alpha value is -3.04. The molecular weight excluding hydrogens is 471 g/mol. The first-order valence-corrected chi connectivity index (χ1v) is 11.9. The fourth-order valence-electron chi connectivity index (χ4n) is 4.81. The summed E-state index contributed by atoms with van der Waals surface area (Å²) in [6.45, 7) is 6.65. The van der Waals surface area contributed by atoms with E-state index in [2.05, 4.69) is 15.3 Å². The van der Waals surface area contributed by atoms with E-state index in [0.717, 1.165) is 5.56 Å². The number of nitrogens with zero attached hydrogens (tertiary/aromatic N) is 6. The zero-order valence-electron chi connectivity index (χ0n) is 20.1. The molecule has 0 bridgehead atoms. The number of tetrazole rings is 1. The van der Waals surface area contributed by atoms with Gasteiger partial charge in [-0.1, -0.05) is 49.4 Å². The number of likely N-dealkylation sites (tertiary alicyclic amines) is 1. The highest BCUT2D eigenvalue weighted by atomic mass is 35.5. The molecule has 2 aromatic carbocycles. The molecule has 1 amide bonds. The minimum atomic E-state index is -0.658. The van der Waals surface area contributed by atoms with Crippen LogP contribution in [0.25, 0.3) is 0 Å². The molecular formula is C25H32ClFN6O2. The molecule has 2 heterocycles. The second kappa shape index (κ2) is 11.6. The van der Waals surface area contributed by atoms with Gasteiger partial charge in [0.15, 0.2) is 0 Å². The molecule has 0 atom stereocenters. The summed E-state index contributed by atoms with van der Waals surface area (Å²) in [5.74, 6) is -0.509. The van der Waals surface area contributed by atoms with E-state index in [4.69, 9.17) is 0 Å². The van der Waals surface area contributed by atoms with E-state index in [9.17, 15) is 14.0 Å². The van der Waals surface area contributed by atoms with Gasteiger partial charge in [0.2, 0.25) is 5.91 Å². The molecule has 0 spiro atoms. The summed E-state index contributed by atoms with van der Waals surface area (Å²) in [6.07, 6.45) is 1.57. The number of hydrogen-bond donors (Lipinski definition) is 0. The van der Waals surface area contributed by atoms with Crippen molar-refractivity contribution in [2.45, 2.75) is 51.7 Å². The summed E-state index contributed by atoms with van der Waals surface area (Å²) in [5.41, 5.74) is 0.448. The standard InChI is InChI=1S/C25H31FN6O2.ClH/c1-3-23(33)32(22-13-9-8-12-21(22)26)25(20-10-6-5-7-11-20)14-16-29(17-15-25)18-19-31-24(34)30(4-2)27-28-31;/h5-13H,3-4,14-19H2,1-2H3;1H. The van der Waals surface area contributed by atoms with Crippen molar-refractivity contribution < 1.29 is 9.18 Å². The van der Waals surface area contributed by atoms with Gasteiger partial charge in [-0.3, -0.25) is 9.69 Å². The van der Waals surface area contributed by atoms with Gasteiger partial charge in [-0.05, 0) is 47.9 Å². The highest BCUT2D eigenvalue weighted by Crippen LogP contribution is 2.42. The van der Waals surface area contributed by atoms with E-state index in [0.29, 0.717) is 51.3 Å². The molecule has 0 N–H and O–H groups in total. The van der Waals surface area contributed by atoms with Crippen LogP contribution in [0.2, 0.25) is 0 Å². The molecule has 0 unspecified atom stereocenters. The zero-order valence-corrected chi connectivity index (χ0v) is 21.0. The Morgan fingerprint density at radius 3 is 2.20 bits per heavy atom. The molecule has 0 radical (unpaired) electrons. The lowest BCUT2D eigenvalue weighted by atomic mass is 9.78. The molecule has 4 rings (SSSR count). The molecule has 1 aromatic heterocycles. The zero-order chi connectivity index (χ0) is 24.1. The first-order chi connectivity index (χ1) is 16.5. The van der Waals surface area contributed by atoms with Crippen LogP contribution >= 0.6 is 12.4 Å². The molecule has 35 heavy (non-hydrogen) atoms. The Kier molecular flexibility index (Phi) is 8.80. The lowest BCUT2D eigenvalue weighted by Crippen LogP contribution is -2.56. The highest BCUT2D eigenvalue weighted by molar-refractivity contribution is 5.95. The fraction of sp³-hybridized carbons (Fsp3) is 0.440. The van der Waals surface area contributed by atoms with Crippen molar-refractivity contribution in [1.29, 1.82) is 0 Å². The van der Waals surface area contributed by atoms with Gasteiger partial charge in [0.1, 0.15) is 5.82 Å². The first kappa shape index (κ1) is 26.6. The third-order valence-electron chi connectivity index (χ3n) is 6.69. The molecule has 8 nitrogen and oxygen atoms in total. The lowest BCUT2D eigenvalue weighted by molar-refractivity contribution is -0.120. The number of benzene rings is 2. The lowest BCUT2D eigenvalue weighted by Gasteiger charge is -2.49. The van der Waals surface area contributed by atoms with Crippen LogP contribution in [-0.2, 0) is 23.4 Å². The minimum absolute atomic E-state index is 0. The van der Waals surface area contributed by atoms with Gasteiger partial charge in [-0.15, -0.1) is 12.4 Å². The Balaban J connectivity index is 0.00000342. The monoisotopic (exact) mass is 502 g/mol. The van der Waals surface area contributed by atoms with Crippen LogP contribution in [-0.4, -0.2) is 50.2 Å². The van der Waals surface area contributed by atoms with E-state index in [1.54, 1.807) is 23.1 Å². The van der Waals surface area contributed by atoms with E-state index in [1.165, 1.54) is 15.4 Å². The van der Waals surface area contributed by atoms with Crippen molar-refractivity contribution in [1.82, 2.24) is 24.7 Å². The summed E-state index contributed by atoms with van der Waals surface area (Å²) in [4.78, 5) is 29.5. The number of aryl methyl sites for hydroxylation is 1. The molecule has 1 saturated heterocycles. The van der Waals surface area contributed by atoms with Crippen molar-refractivity contribution in [3.8, 4) is 0 Å². The van der Waals surface area contributed by atoms with Crippen LogP contribution in [0.1, 0.15) is 38.7 Å². The highest BCUT2D eigenvalue weighted by Gasteiger charge is 2.44. The Morgan fingerprint density at radius 1 is 0.971 bits per heavy atom. The average Bonchev–Trinajstić information content (AvgIpc) is 3.24. The SMILES string of the molecule is CCC(=O)N(c1ccccc1F)C1(c2ccccc2)CCN(CCn2nnn(CC)c2=O)CC1.Cl. The topological polar surface area (TPSA) is 76.3 Å². The van der Waals surface area contributed by atoms with Crippen molar-refractivity contribution in [3.63, 3.8) is 0 Å². The smallest absolute Gasteiger partial charge is 0.301 e. The average molecular weight is 503 g/mol. The van der Waals surface area contributed by atoms with Gasteiger partial charge < -0.3 is 4.90 Å². The van der Waals surface area contributed by atoms with Crippen LogP contribution in [0, 0.1) is 5.82 Å². The van der Waals surface area contributed by atoms with Gasteiger partial charge in [0, 0.05) is 32.6 Å². The Bertz CT molecular complexity index is 1170. The molecule has 1 fully saturated rings. The van der Waals surface area contributed by atoms with Gasteiger partial charge in [0.25, 0.3) is 0 Å². The van der Waals surface area contributed by atoms with Crippen LogP contribution in [0.4, 0.5) is 10.1 Å². The van der Waals surface area contributed by atoms with Crippen LogP contribution in [0.3, 0.4) is 0 Å². The molecule has 188 valence electrons. The van der Waals surface area contributed by atoms with Crippen LogP contribution in [0.15, 0.2) is 59.4 Å². The number of amides is 1. The quantitative estimate of drug-likeness (QED) is 0.471. The fourth-order valence-corrected chi connectivity index (χ4v) is 4.81. The Labute approximate surface area is 210 Å². The van der Waals surface area contributed by atoms with Gasteiger partial charge in [0.05, 0.1) is 17.8 Å². The van der Waals surface area contributed by atoms with Gasteiger partial charge in [-0.2, -0.15) is 9.36 Å². The molecule has 0 aliphatic carbocycles. The van der Waals surface area contributed by atoms with Gasteiger partial charge >= 0.3 is 5.69 Å². The van der Waals surface area contributed by atoms with Crippen molar-refractivity contribution in [2.24, 2.45) is 0 Å². The number of hydrogen-bond acceptors (Lipinski definition) is 5. The molecule has 1 aliphatic heterocycles. The number of carbonyl (C=O) groups excluding carboxylic acids is 1. The summed E-state index contributed by atoms with van der Waals surface area (Å²) < 4.78 is 17.7. The van der Waals surface area contributed by atoms with E-state index >= 15 is 0 Å². The summed E-state index contributed by atoms with van der Waals surface area (Å²) in [7, 11) is 0. The normalized spacial score (nSPS) is 15.4. The summed E-state index contributed by atoms with van der Waals surface area (Å²) in [6, 6.07) is 16.4. The van der Waals surface area contributed by atoms with Crippen molar-refractivity contribution in [2.75, 3.05) is 24.5 Å².